The van der Waals surface area contributed by atoms with Gasteiger partial charge in [0, 0.05) is 12.0 Å². The lowest BCUT2D eigenvalue weighted by Gasteiger charge is -2.72. The van der Waals surface area contributed by atoms with Crippen LogP contribution in [-0.4, -0.2) is 47.3 Å². The zero-order valence-electron chi connectivity index (χ0n) is 30.1. The van der Waals surface area contributed by atoms with E-state index in [0.29, 0.717) is 36.1 Å². The third-order valence-corrected chi connectivity index (χ3v) is 15.4. The van der Waals surface area contributed by atoms with Gasteiger partial charge in [-0.3, -0.25) is 14.4 Å². The van der Waals surface area contributed by atoms with E-state index in [1.165, 1.54) is 12.0 Å². The summed E-state index contributed by atoms with van der Waals surface area (Å²) in [5, 5.41) is 21.9. The van der Waals surface area contributed by atoms with Gasteiger partial charge >= 0.3 is 11.9 Å². The van der Waals surface area contributed by atoms with Crippen LogP contribution in [0.2, 0.25) is 0 Å². The Balaban J connectivity index is 1.40. The molecule has 0 saturated heterocycles. The van der Waals surface area contributed by atoms with Crippen molar-refractivity contribution in [1.82, 2.24) is 5.32 Å². The molecule has 7 heteroatoms. The van der Waals surface area contributed by atoms with Crippen LogP contribution in [0.25, 0.3) is 0 Å². The lowest BCUT2D eigenvalue weighted by Crippen LogP contribution is -2.67. The summed E-state index contributed by atoms with van der Waals surface area (Å²) in [6, 6.07) is 0. The third kappa shape index (κ3) is 5.37. The van der Waals surface area contributed by atoms with Crippen molar-refractivity contribution in [3.63, 3.8) is 0 Å². The fourth-order valence-electron chi connectivity index (χ4n) is 13.1. The molecule has 1 amide bonds. The van der Waals surface area contributed by atoms with E-state index in [2.05, 4.69) is 53.4 Å². The number of fused-ring (bicyclic) bond motifs is 7. The number of carbonyl (C=O) groups excluding carboxylic acids is 2. The highest BCUT2D eigenvalue weighted by atomic mass is 16.5. The lowest BCUT2D eigenvalue weighted by molar-refractivity contribution is -0.249. The lowest BCUT2D eigenvalue weighted by atomic mass is 9.32. The quantitative estimate of drug-likeness (QED) is 0.177. The maximum absolute atomic E-state index is 13.9. The van der Waals surface area contributed by atoms with Crippen molar-refractivity contribution >= 4 is 17.8 Å². The predicted octanol–water partition coefficient (Wildman–Crippen LogP) is 7.56. The summed E-state index contributed by atoms with van der Waals surface area (Å²) in [7, 11) is 0. The number of aliphatic hydroxyl groups is 1. The monoisotopic (exact) mass is 641 g/mol. The van der Waals surface area contributed by atoms with Gasteiger partial charge in [0.2, 0.25) is 5.91 Å². The summed E-state index contributed by atoms with van der Waals surface area (Å²) >= 11 is 0. The normalized spacial score (nSPS) is 42.9. The Kier molecular flexibility index (Phi) is 9.17. The molecule has 0 bridgehead atoms. The summed E-state index contributed by atoms with van der Waals surface area (Å²) in [6.45, 7) is 22.9. The number of allylic oxidation sites excluding steroid dienone is 1. The van der Waals surface area contributed by atoms with Crippen LogP contribution in [-0.2, 0) is 19.1 Å². The van der Waals surface area contributed by atoms with Crippen LogP contribution >= 0.6 is 0 Å². The average molecular weight is 642 g/mol. The molecule has 5 aliphatic rings. The van der Waals surface area contributed by atoms with Gasteiger partial charge in [0.05, 0.1) is 24.9 Å². The van der Waals surface area contributed by atoms with E-state index >= 15 is 0 Å². The maximum atomic E-state index is 13.9. The third-order valence-electron chi connectivity index (χ3n) is 15.4. The first-order valence-corrected chi connectivity index (χ1v) is 18.2. The molecule has 0 aliphatic heterocycles. The first-order chi connectivity index (χ1) is 21.3. The highest BCUT2D eigenvalue weighted by Crippen LogP contribution is 2.77. The van der Waals surface area contributed by atoms with Gasteiger partial charge in [0.25, 0.3) is 0 Å². The number of aliphatic hydroxyl groups excluding tert-OH is 1. The number of carboxylic acids is 1. The van der Waals surface area contributed by atoms with Crippen LogP contribution in [0.15, 0.2) is 12.2 Å². The zero-order valence-corrected chi connectivity index (χ0v) is 30.1. The highest BCUT2D eigenvalue weighted by molar-refractivity contribution is 5.84. The minimum Gasteiger partial charge on any atom is -0.481 e. The Labute approximate surface area is 278 Å². The number of aliphatic carboxylic acids is 1. The van der Waals surface area contributed by atoms with Crippen molar-refractivity contribution in [3.05, 3.63) is 12.2 Å². The van der Waals surface area contributed by atoms with Gasteiger partial charge in [-0.1, -0.05) is 60.6 Å². The van der Waals surface area contributed by atoms with Gasteiger partial charge in [0.1, 0.15) is 6.10 Å². The fraction of sp³-hybridized carbons (Fsp3) is 0.872. The molecular weight excluding hydrogens is 578 g/mol. The number of amides is 1. The molecule has 260 valence electrons. The molecule has 0 heterocycles. The molecule has 0 radical (unpaired) electrons. The van der Waals surface area contributed by atoms with Crippen LogP contribution in [0, 0.1) is 62.1 Å². The number of hydrogen-bond donors (Lipinski definition) is 3. The van der Waals surface area contributed by atoms with Crippen molar-refractivity contribution in [2.75, 3.05) is 13.2 Å². The molecule has 0 spiro atoms. The average Bonchev–Trinajstić information content (AvgIpc) is 3.34. The maximum Gasteiger partial charge on any atom is 0.306 e. The SMILES string of the molecule is C=C(C)[C@@H]1CCC2(C(=O)NCCO)CC[C@]3(C)C(CCC4[C@@]5(C)CC[C@H](OC(=O)CC(C)(C)CC(=O)O)C(C)(C)[C@@H]5CC[C@]43C)[C@@H]12. The van der Waals surface area contributed by atoms with Crippen molar-refractivity contribution in [1.29, 1.82) is 0 Å². The van der Waals surface area contributed by atoms with Crippen molar-refractivity contribution < 1.29 is 29.3 Å². The minimum absolute atomic E-state index is 0.0316. The number of esters is 1. The van der Waals surface area contributed by atoms with Gasteiger partial charge in [-0.25, -0.2) is 0 Å². The number of hydrogen-bond acceptors (Lipinski definition) is 5. The van der Waals surface area contributed by atoms with E-state index in [-0.39, 0.29) is 64.5 Å². The summed E-state index contributed by atoms with van der Waals surface area (Å²) in [5.74, 6) is 1.09. The van der Waals surface area contributed by atoms with E-state index in [1.54, 1.807) is 0 Å². The Morgan fingerprint density at radius 3 is 2.20 bits per heavy atom. The molecule has 0 aromatic carbocycles. The van der Waals surface area contributed by atoms with Crippen LogP contribution < -0.4 is 5.32 Å². The Morgan fingerprint density at radius 1 is 0.870 bits per heavy atom. The Hall–Kier alpha value is -1.89. The number of nitrogens with one attached hydrogen (secondary N) is 1. The van der Waals surface area contributed by atoms with Crippen molar-refractivity contribution in [2.24, 2.45) is 62.1 Å². The van der Waals surface area contributed by atoms with Crippen LogP contribution in [0.5, 0.6) is 0 Å². The van der Waals surface area contributed by atoms with E-state index in [9.17, 15) is 24.6 Å². The number of ether oxygens (including phenoxy) is 1. The van der Waals surface area contributed by atoms with E-state index in [4.69, 9.17) is 4.74 Å². The van der Waals surface area contributed by atoms with Gasteiger partial charge in [0.15, 0.2) is 0 Å². The van der Waals surface area contributed by atoms with Crippen molar-refractivity contribution in [2.45, 2.75) is 139 Å². The first-order valence-electron chi connectivity index (χ1n) is 18.2. The first kappa shape index (κ1) is 35.4. The second-order valence-corrected chi connectivity index (χ2v) is 18.6. The summed E-state index contributed by atoms with van der Waals surface area (Å²) < 4.78 is 6.23. The molecule has 5 rings (SSSR count). The predicted molar refractivity (Wildman–Crippen MR) is 180 cm³/mol. The molecule has 5 fully saturated rings. The molecule has 0 aromatic heterocycles. The largest absolute Gasteiger partial charge is 0.481 e. The Morgan fingerprint density at radius 2 is 1.57 bits per heavy atom. The number of carboxylic acid groups (broad SMARTS) is 1. The van der Waals surface area contributed by atoms with Crippen molar-refractivity contribution in [3.8, 4) is 0 Å². The molecule has 0 aromatic rings. The molecule has 5 aliphatic carbocycles. The fourth-order valence-corrected chi connectivity index (χ4v) is 13.1. The molecule has 10 atom stereocenters. The smallest absolute Gasteiger partial charge is 0.306 e. The highest BCUT2D eigenvalue weighted by Gasteiger charge is 2.72. The van der Waals surface area contributed by atoms with E-state index in [1.807, 2.05) is 13.8 Å². The topological polar surface area (TPSA) is 113 Å². The number of rotatable bonds is 9. The summed E-state index contributed by atoms with van der Waals surface area (Å²) in [6.07, 6.45) is 10.2. The van der Waals surface area contributed by atoms with Crippen LogP contribution in [0.4, 0.5) is 0 Å². The molecule has 3 unspecified atom stereocenters. The van der Waals surface area contributed by atoms with E-state index < -0.39 is 11.4 Å². The second kappa shape index (κ2) is 11.9. The van der Waals surface area contributed by atoms with E-state index in [0.717, 1.165) is 57.8 Å². The van der Waals surface area contributed by atoms with Gasteiger partial charge in [-0.2, -0.15) is 0 Å². The standard InChI is InChI=1S/C39H63NO6/c1-24(2)25-12-17-39(33(45)40-20-21-41)19-18-37(8)26(32(25)39)10-11-28-36(7)15-14-29(35(5,6)27(36)13-16-38(28,37)9)46-31(44)23-34(3,4)22-30(42)43/h25-29,32,41H,1,10-23H2,2-9H3,(H,40,45)(H,42,43)/t25-,26?,27-,28?,29-,32+,36-,37+,38+,39?/m0/s1. The zero-order chi connectivity index (χ0) is 34.1. The molecule has 5 saturated carbocycles. The van der Waals surface area contributed by atoms with Gasteiger partial charge in [-0.15, -0.1) is 0 Å². The van der Waals surface area contributed by atoms with Crippen LogP contribution in [0.3, 0.4) is 0 Å². The molecule has 46 heavy (non-hydrogen) atoms. The molecule has 7 nitrogen and oxygen atoms in total. The second-order valence-electron chi connectivity index (χ2n) is 18.6. The van der Waals surface area contributed by atoms with Gasteiger partial charge in [-0.05, 0) is 122 Å². The summed E-state index contributed by atoms with van der Waals surface area (Å²) in [5.41, 5.74) is 0.435. The molecular formula is C39H63NO6. The Bertz CT molecular complexity index is 1240. The van der Waals surface area contributed by atoms with Gasteiger partial charge < -0.3 is 20.3 Å². The number of carbonyl (C=O) groups is 3. The molecule has 3 N–H and O–H groups in total. The summed E-state index contributed by atoms with van der Waals surface area (Å²) in [4.78, 5) is 38.4. The minimum atomic E-state index is -0.892. The van der Waals surface area contributed by atoms with Crippen LogP contribution in [0.1, 0.15) is 132 Å².